The van der Waals surface area contributed by atoms with Gasteiger partial charge in [0.15, 0.2) is 5.95 Å². The molecule has 1 aromatic heterocycles. The van der Waals surface area contributed by atoms with E-state index >= 15 is 0 Å². The number of nitrogen functional groups attached to an aromatic ring is 1. The summed E-state index contributed by atoms with van der Waals surface area (Å²) in [5.41, 5.74) is 8.30. The maximum atomic E-state index is 5.74. The van der Waals surface area contributed by atoms with Gasteiger partial charge in [0.05, 0.1) is 11.0 Å². The van der Waals surface area contributed by atoms with Crippen LogP contribution in [0, 0.1) is 0 Å². The summed E-state index contributed by atoms with van der Waals surface area (Å²) in [7, 11) is 0. The molecule has 13 heavy (non-hydrogen) atoms. The van der Waals surface area contributed by atoms with Crippen LogP contribution in [-0.2, 0) is 5.88 Å². The number of aromatic amines is 1. The van der Waals surface area contributed by atoms with Crippen LogP contribution in [0.4, 0.5) is 5.95 Å². The number of nitrogens with zero attached hydrogens (tertiary/aromatic N) is 1. The van der Waals surface area contributed by atoms with Crippen molar-refractivity contribution in [2.45, 2.75) is 5.88 Å². The molecule has 0 unspecified atom stereocenters. The maximum Gasteiger partial charge on any atom is 0.198 e. The van der Waals surface area contributed by atoms with Gasteiger partial charge in [0.2, 0.25) is 0 Å². The Morgan fingerprint density at radius 3 is 3.00 bits per heavy atom. The fourth-order valence-corrected chi connectivity index (χ4v) is 2.05. The SMILES string of the molecule is Nc1nc2cc(Br)c(CCl)cc2[nH]1. The van der Waals surface area contributed by atoms with E-state index in [1.807, 2.05) is 12.1 Å². The Labute approximate surface area is 88.4 Å². The lowest BCUT2D eigenvalue weighted by atomic mass is 10.2. The summed E-state index contributed by atoms with van der Waals surface area (Å²) in [6, 6.07) is 3.84. The van der Waals surface area contributed by atoms with Gasteiger partial charge in [0, 0.05) is 10.4 Å². The van der Waals surface area contributed by atoms with Gasteiger partial charge >= 0.3 is 0 Å². The number of fused-ring (bicyclic) bond motifs is 1. The number of hydrogen-bond acceptors (Lipinski definition) is 2. The molecule has 3 N–H and O–H groups in total. The van der Waals surface area contributed by atoms with Gasteiger partial charge in [-0.1, -0.05) is 15.9 Å². The van der Waals surface area contributed by atoms with Gasteiger partial charge in [-0.25, -0.2) is 4.98 Å². The highest BCUT2D eigenvalue weighted by Gasteiger charge is 2.04. The second-order valence-electron chi connectivity index (χ2n) is 2.72. The van der Waals surface area contributed by atoms with Crippen LogP contribution in [0.2, 0.25) is 0 Å². The molecule has 0 aliphatic carbocycles. The van der Waals surface area contributed by atoms with Gasteiger partial charge in [0.25, 0.3) is 0 Å². The number of imidazole rings is 1. The minimum atomic E-state index is 0.425. The van der Waals surface area contributed by atoms with Crippen molar-refractivity contribution in [3.63, 3.8) is 0 Å². The topological polar surface area (TPSA) is 54.7 Å². The second kappa shape index (κ2) is 3.20. The van der Waals surface area contributed by atoms with Crippen LogP contribution in [0.3, 0.4) is 0 Å². The molecular formula is C8H7BrClN3. The molecule has 0 saturated heterocycles. The standard InChI is InChI=1S/C8H7BrClN3/c9-5-2-7-6(1-4(5)3-10)12-8(11)13-7/h1-2H,3H2,(H3,11,12,13). The molecule has 0 radical (unpaired) electrons. The quantitative estimate of drug-likeness (QED) is 0.775. The van der Waals surface area contributed by atoms with Gasteiger partial charge in [-0.15, -0.1) is 11.6 Å². The number of hydrogen-bond donors (Lipinski definition) is 2. The molecule has 0 amide bonds. The molecule has 1 heterocycles. The maximum absolute atomic E-state index is 5.74. The van der Waals surface area contributed by atoms with E-state index in [1.54, 1.807) is 0 Å². The van der Waals surface area contributed by atoms with Crippen molar-refractivity contribution in [2.24, 2.45) is 0 Å². The summed E-state index contributed by atoms with van der Waals surface area (Å²) in [6.07, 6.45) is 0. The van der Waals surface area contributed by atoms with Crippen molar-refractivity contribution in [2.75, 3.05) is 5.73 Å². The molecule has 2 aromatic rings. The fraction of sp³-hybridized carbons (Fsp3) is 0.125. The second-order valence-corrected chi connectivity index (χ2v) is 3.84. The van der Waals surface area contributed by atoms with Crippen LogP contribution < -0.4 is 5.73 Å². The van der Waals surface area contributed by atoms with Crippen molar-refractivity contribution in [1.29, 1.82) is 0 Å². The van der Waals surface area contributed by atoms with E-state index in [0.29, 0.717) is 11.8 Å². The van der Waals surface area contributed by atoms with Crippen LogP contribution in [0.5, 0.6) is 0 Å². The average Bonchev–Trinajstić information content (AvgIpc) is 2.42. The molecular weight excluding hydrogens is 253 g/mol. The van der Waals surface area contributed by atoms with E-state index in [9.17, 15) is 0 Å². The number of H-pyrrole nitrogens is 1. The number of anilines is 1. The van der Waals surface area contributed by atoms with E-state index in [4.69, 9.17) is 17.3 Å². The molecule has 2 rings (SSSR count). The van der Waals surface area contributed by atoms with Crippen molar-refractivity contribution >= 4 is 44.5 Å². The Morgan fingerprint density at radius 1 is 1.54 bits per heavy atom. The Morgan fingerprint density at radius 2 is 2.31 bits per heavy atom. The zero-order valence-corrected chi connectivity index (χ0v) is 8.98. The normalized spacial score (nSPS) is 10.9. The van der Waals surface area contributed by atoms with Crippen LogP contribution >= 0.6 is 27.5 Å². The first-order valence-corrected chi connectivity index (χ1v) is 5.03. The summed E-state index contributed by atoms with van der Waals surface area (Å²) < 4.78 is 0.960. The number of aromatic nitrogens is 2. The summed E-state index contributed by atoms with van der Waals surface area (Å²) in [4.78, 5) is 7.05. The van der Waals surface area contributed by atoms with E-state index < -0.39 is 0 Å². The molecule has 0 atom stereocenters. The molecule has 1 aromatic carbocycles. The van der Waals surface area contributed by atoms with Crippen LogP contribution in [0.25, 0.3) is 11.0 Å². The lowest BCUT2D eigenvalue weighted by molar-refractivity contribution is 1.35. The third-order valence-electron chi connectivity index (χ3n) is 1.81. The highest BCUT2D eigenvalue weighted by Crippen LogP contribution is 2.24. The predicted octanol–water partition coefficient (Wildman–Crippen LogP) is 2.65. The summed E-state index contributed by atoms with van der Waals surface area (Å²) in [5, 5.41) is 0. The number of alkyl halides is 1. The van der Waals surface area contributed by atoms with Crippen molar-refractivity contribution < 1.29 is 0 Å². The number of nitrogens with one attached hydrogen (secondary N) is 1. The lowest BCUT2D eigenvalue weighted by Gasteiger charge is -1.98. The average molecular weight is 261 g/mol. The molecule has 0 fully saturated rings. The molecule has 5 heteroatoms. The summed E-state index contributed by atoms with van der Waals surface area (Å²) in [6.45, 7) is 0. The van der Waals surface area contributed by atoms with Crippen molar-refractivity contribution in [1.82, 2.24) is 9.97 Å². The van der Waals surface area contributed by atoms with Gasteiger partial charge in [-0.3, -0.25) is 0 Å². The monoisotopic (exact) mass is 259 g/mol. The highest BCUT2D eigenvalue weighted by molar-refractivity contribution is 9.10. The summed E-state index contributed by atoms with van der Waals surface area (Å²) in [5.74, 6) is 0.892. The minimum Gasteiger partial charge on any atom is -0.369 e. The van der Waals surface area contributed by atoms with E-state index in [1.165, 1.54) is 0 Å². The molecule has 3 nitrogen and oxygen atoms in total. The number of benzene rings is 1. The first-order chi connectivity index (χ1) is 6.20. The van der Waals surface area contributed by atoms with Crippen LogP contribution in [0.1, 0.15) is 5.56 Å². The Hall–Kier alpha value is -0.740. The molecule has 0 aliphatic heterocycles. The zero-order valence-electron chi connectivity index (χ0n) is 6.64. The van der Waals surface area contributed by atoms with Gasteiger partial charge < -0.3 is 10.7 Å². The molecule has 0 spiro atoms. The Kier molecular flexibility index (Phi) is 2.17. The number of halogens is 2. The van der Waals surface area contributed by atoms with E-state index in [0.717, 1.165) is 21.1 Å². The van der Waals surface area contributed by atoms with Gasteiger partial charge in [0.1, 0.15) is 0 Å². The predicted molar refractivity (Wildman–Crippen MR) is 57.8 cm³/mol. The Balaban J connectivity index is 2.72. The third kappa shape index (κ3) is 1.51. The van der Waals surface area contributed by atoms with Crippen LogP contribution in [-0.4, -0.2) is 9.97 Å². The number of nitrogens with two attached hydrogens (primary N) is 1. The molecule has 0 aliphatic rings. The highest BCUT2D eigenvalue weighted by atomic mass is 79.9. The van der Waals surface area contributed by atoms with Gasteiger partial charge in [-0.05, 0) is 17.7 Å². The first-order valence-electron chi connectivity index (χ1n) is 3.70. The third-order valence-corrected chi connectivity index (χ3v) is 2.84. The summed E-state index contributed by atoms with van der Waals surface area (Å²) >= 11 is 9.15. The zero-order chi connectivity index (χ0) is 9.42. The lowest BCUT2D eigenvalue weighted by Crippen LogP contribution is -1.84. The Bertz CT molecular complexity index is 452. The van der Waals surface area contributed by atoms with Crippen molar-refractivity contribution in [3.05, 3.63) is 22.2 Å². The molecule has 0 bridgehead atoms. The van der Waals surface area contributed by atoms with E-state index in [2.05, 4.69) is 25.9 Å². The first kappa shape index (κ1) is 8.84. The largest absolute Gasteiger partial charge is 0.369 e. The fourth-order valence-electron chi connectivity index (χ4n) is 1.20. The van der Waals surface area contributed by atoms with Crippen LogP contribution in [0.15, 0.2) is 16.6 Å². The minimum absolute atomic E-state index is 0.425. The molecule has 68 valence electrons. The van der Waals surface area contributed by atoms with Gasteiger partial charge in [-0.2, -0.15) is 0 Å². The number of rotatable bonds is 1. The van der Waals surface area contributed by atoms with Crippen molar-refractivity contribution in [3.8, 4) is 0 Å². The molecule has 0 saturated carbocycles. The smallest absolute Gasteiger partial charge is 0.198 e. The van der Waals surface area contributed by atoms with E-state index in [-0.39, 0.29) is 0 Å².